The third-order valence-corrected chi connectivity index (χ3v) is 2.48. The quantitative estimate of drug-likeness (QED) is 0.590. The SMILES string of the molecule is COCCONCc1c(Cl)c(C)nn1C. The fourth-order valence-electron chi connectivity index (χ4n) is 1.19. The Kier molecular flexibility index (Phi) is 5.04. The molecule has 1 N–H and O–H groups in total. The van der Waals surface area contributed by atoms with Crippen molar-refractivity contribution in [3.63, 3.8) is 0 Å². The van der Waals surface area contributed by atoms with Crippen LogP contribution in [0.15, 0.2) is 0 Å². The Balaban J connectivity index is 2.37. The van der Waals surface area contributed by atoms with Gasteiger partial charge in [-0.1, -0.05) is 11.6 Å². The molecule has 6 heteroatoms. The maximum Gasteiger partial charge on any atom is 0.0916 e. The van der Waals surface area contributed by atoms with Crippen LogP contribution in [0.3, 0.4) is 0 Å². The number of ether oxygens (including phenoxy) is 1. The fraction of sp³-hybridized carbons (Fsp3) is 0.667. The van der Waals surface area contributed by atoms with Crippen molar-refractivity contribution in [3.05, 3.63) is 16.4 Å². The van der Waals surface area contributed by atoms with Crippen molar-refractivity contribution in [1.29, 1.82) is 0 Å². The summed E-state index contributed by atoms with van der Waals surface area (Å²) in [6, 6.07) is 0. The molecule has 0 aliphatic carbocycles. The van der Waals surface area contributed by atoms with Crippen molar-refractivity contribution >= 4 is 11.6 Å². The van der Waals surface area contributed by atoms with Crippen LogP contribution in [0.4, 0.5) is 0 Å². The number of aromatic nitrogens is 2. The lowest BCUT2D eigenvalue weighted by Crippen LogP contribution is -2.19. The van der Waals surface area contributed by atoms with Crippen molar-refractivity contribution in [2.45, 2.75) is 13.5 Å². The van der Waals surface area contributed by atoms with E-state index in [0.717, 1.165) is 11.4 Å². The molecular weight excluding hydrogens is 218 g/mol. The zero-order valence-corrected chi connectivity index (χ0v) is 9.97. The highest BCUT2D eigenvalue weighted by Crippen LogP contribution is 2.18. The minimum absolute atomic E-state index is 0.505. The van der Waals surface area contributed by atoms with E-state index in [1.54, 1.807) is 11.8 Å². The van der Waals surface area contributed by atoms with E-state index in [0.29, 0.717) is 24.8 Å². The second-order valence-electron chi connectivity index (χ2n) is 3.13. The topological polar surface area (TPSA) is 48.3 Å². The van der Waals surface area contributed by atoms with Crippen LogP contribution in [-0.4, -0.2) is 30.1 Å². The van der Waals surface area contributed by atoms with Crippen molar-refractivity contribution in [2.75, 3.05) is 20.3 Å². The van der Waals surface area contributed by atoms with Gasteiger partial charge in [0.15, 0.2) is 0 Å². The zero-order valence-electron chi connectivity index (χ0n) is 9.21. The summed E-state index contributed by atoms with van der Waals surface area (Å²) in [6.45, 7) is 3.47. The molecular formula is C9H16ClN3O2. The predicted octanol–water partition coefficient (Wildman–Crippen LogP) is 1.05. The Hall–Kier alpha value is -0.620. The number of hydrogen-bond donors (Lipinski definition) is 1. The first kappa shape index (κ1) is 12.4. The lowest BCUT2D eigenvalue weighted by atomic mass is 10.4. The van der Waals surface area contributed by atoms with Gasteiger partial charge in [-0.05, 0) is 6.92 Å². The molecule has 0 aromatic carbocycles. The van der Waals surface area contributed by atoms with E-state index in [4.69, 9.17) is 21.2 Å². The van der Waals surface area contributed by atoms with Crippen molar-refractivity contribution in [3.8, 4) is 0 Å². The Bertz CT molecular complexity index is 315. The minimum atomic E-state index is 0.505. The first-order chi connectivity index (χ1) is 7.16. The minimum Gasteiger partial charge on any atom is -0.382 e. The molecule has 86 valence electrons. The molecule has 0 saturated heterocycles. The number of halogens is 1. The molecule has 0 bridgehead atoms. The first-order valence-electron chi connectivity index (χ1n) is 4.68. The average molecular weight is 234 g/mol. The molecule has 0 saturated carbocycles. The summed E-state index contributed by atoms with van der Waals surface area (Å²) in [7, 11) is 3.48. The number of rotatable bonds is 6. The third kappa shape index (κ3) is 3.46. The summed E-state index contributed by atoms with van der Waals surface area (Å²) in [4.78, 5) is 5.12. The summed E-state index contributed by atoms with van der Waals surface area (Å²) in [6.07, 6.45) is 0. The molecule has 0 fully saturated rings. The molecule has 5 nitrogen and oxygen atoms in total. The third-order valence-electron chi connectivity index (χ3n) is 1.99. The van der Waals surface area contributed by atoms with Gasteiger partial charge in [0, 0.05) is 14.2 Å². The lowest BCUT2D eigenvalue weighted by Gasteiger charge is -2.05. The Morgan fingerprint density at radius 2 is 2.20 bits per heavy atom. The molecule has 0 aliphatic rings. The maximum atomic E-state index is 6.05. The normalized spacial score (nSPS) is 10.9. The van der Waals surface area contributed by atoms with Gasteiger partial charge in [-0.3, -0.25) is 9.52 Å². The highest BCUT2D eigenvalue weighted by molar-refractivity contribution is 6.31. The summed E-state index contributed by atoms with van der Waals surface area (Å²) < 4.78 is 6.58. The highest BCUT2D eigenvalue weighted by atomic mass is 35.5. The van der Waals surface area contributed by atoms with Crippen LogP contribution < -0.4 is 5.48 Å². The van der Waals surface area contributed by atoms with Gasteiger partial charge in [-0.15, -0.1) is 0 Å². The first-order valence-corrected chi connectivity index (χ1v) is 5.06. The molecule has 0 amide bonds. The Labute approximate surface area is 94.3 Å². The van der Waals surface area contributed by atoms with E-state index >= 15 is 0 Å². The number of aryl methyl sites for hydroxylation is 2. The van der Waals surface area contributed by atoms with Gasteiger partial charge < -0.3 is 4.74 Å². The van der Waals surface area contributed by atoms with E-state index in [1.165, 1.54) is 0 Å². The number of nitrogens with one attached hydrogen (secondary N) is 1. The van der Waals surface area contributed by atoms with E-state index in [-0.39, 0.29) is 0 Å². The number of hydroxylamine groups is 1. The van der Waals surface area contributed by atoms with Crippen LogP contribution in [-0.2, 0) is 23.2 Å². The summed E-state index contributed by atoms with van der Waals surface area (Å²) in [5.41, 5.74) is 4.54. The molecule has 15 heavy (non-hydrogen) atoms. The molecule has 1 heterocycles. The number of hydrogen-bond acceptors (Lipinski definition) is 4. The van der Waals surface area contributed by atoms with Crippen LogP contribution >= 0.6 is 11.6 Å². The van der Waals surface area contributed by atoms with E-state index < -0.39 is 0 Å². The van der Waals surface area contributed by atoms with Gasteiger partial charge in [-0.2, -0.15) is 10.6 Å². The van der Waals surface area contributed by atoms with Crippen molar-refractivity contribution in [1.82, 2.24) is 15.3 Å². The van der Waals surface area contributed by atoms with E-state index in [9.17, 15) is 0 Å². The Morgan fingerprint density at radius 1 is 1.47 bits per heavy atom. The monoisotopic (exact) mass is 233 g/mol. The molecule has 0 aliphatic heterocycles. The molecule has 0 radical (unpaired) electrons. The summed E-state index contributed by atoms with van der Waals surface area (Å²) in [5.74, 6) is 0. The molecule has 0 atom stereocenters. The van der Waals surface area contributed by atoms with Gasteiger partial charge in [0.2, 0.25) is 0 Å². The van der Waals surface area contributed by atoms with Crippen molar-refractivity contribution in [2.24, 2.45) is 7.05 Å². The maximum absolute atomic E-state index is 6.05. The summed E-state index contributed by atoms with van der Waals surface area (Å²) >= 11 is 6.05. The van der Waals surface area contributed by atoms with Crippen LogP contribution in [0.25, 0.3) is 0 Å². The Morgan fingerprint density at radius 3 is 2.73 bits per heavy atom. The lowest BCUT2D eigenvalue weighted by molar-refractivity contribution is 0.00258. The molecule has 1 rings (SSSR count). The van der Waals surface area contributed by atoms with Crippen LogP contribution in [0.5, 0.6) is 0 Å². The number of methoxy groups -OCH3 is 1. The molecule has 0 spiro atoms. The standard InChI is InChI=1S/C9H16ClN3O2/c1-7-9(10)8(13(2)12-7)6-11-15-5-4-14-3/h11H,4-6H2,1-3H3. The van der Waals surface area contributed by atoms with E-state index in [2.05, 4.69) is 10.6 Å². The van der Waals surface area contributed by atoms with E-state index in [1.807, 2.05) is 14.0 Å². The van der Waals surface area contributed by atoms with Gasteiger partial charge in [0.25, 0.3) is 0 Å². The van der Waals surface area contributed by atoms with Gasteiger partial charge in [0.05, 0.1) is 36.2 Å². The summed E-state index contributed by atoms with van der Waals surface area (Å²) in [5, 5.41) is 4.87. The van der Waals surface area contributed by atoms with Crippen LogP contribution in [0, 0.1) is 6.92 Å². The number of nitrogens with zero attached hydrogens (tertiary/aromatic N) is 2. The van der Waals surface area contributed by atoms with Gasteiger partial charge >= 0.3 is 0 Å². The van der Waals surface area contributed by atoms with Gasteiger partial charge in [-0.25, -0.2) is 0 Å². The smallest absolute Gasteiger partial charge is 0.0916 e. The highest BCUT2D eigenvalue weighted by Gasteiger charge is 2.09. The average Bonchev–Trinajstić information content (AvgIpc) is 2.44. The fourth-order valence-corrected chi connectivity index (χ4v) is 1.42. The zero-order chi connectivity index (χ0) is 11.3. The van der Waals surface area contributed by atoms with Gasteiger partial charge in [0.1, 0.15) is 0 Å². The van der Waals surface area contributed by atoms with Crippen LogP contribution in [0.1, 0.15) is 11.4 Å². The second-order valence-corrected chi connectivity index (χ2v) is 3.51. The molecule has 1 aromatic heterocycles. The van der Waals surface area contributed by atoms with Crippen molar-refractivity contribution < 1.29 is 9.57 Å². The largest absolute Gasteiger partial charge is 0.382 e. The molecule has 0 unspecified atom stereocenters. The predicted molar refractivity (Wildman–Crippen MR) is 57.6 cm³/mol. The molecule has 1 aromatic rings. The second kappa shape index (κ2) is 6.07. The van der Waals surface area contributed by atoms with Crippen LogP contribution in [0.2, 0.25) is 5.02 Å².